The van der Waals surface area contributed by atoms with Crippen molar-refractivity contribution in [2.75, 3.05) is 6.54 Å². The van der Waals surface area contributed by atoms with E-state index in [1.54, 1.807) is 30.2 Å². The molecule has 1 N–H and O–H groups in total. The molecule has 5 rings (SSSR count). The Labute approximate surface area is 230 Å². The molecular formula is C30H32F2N2O6. The molecule has 40 heavy (non-hydrogen) atoms. The number of carbonyl (C=O) groups is 2. The van der Waals surface area contributed by atoms with Crippen molar-refractivity contribution in [2.45, 2.75) is 77.7 Å². The number of pyridine rings is 1. The Morgan fingerprint density at radius 3 is 2.42 bits per heavy atom. The van der Waals surface area contributed by atoms with E-state index in [0.29, 0.717) is 17.7 Å². The van der Waals surface area contributed by atoms with Crippen molar-refractivity contribution >= 4 is 23.0 Å². The fraction of sp³-hybridized carbons (Fsp3) is 0.433. The summed E-state index contributed by atoms with van der Waals surface area (Å²) < 4.78 is 39.8. The Kier molecular flexibility index (Phi) is 6.63. The van der Waals surface area contributed by atoms with Crippen LogP contribution in [-0.2, 0) is 16.7 Å². The van der Waals surface area contributed by atoms with Gasteiger partial charge in [-0.05, 0) is 68.5 Å². The van der Waals surface area contributed by atoms with E-state index in [0.717, 1.165) is 24.0 Å². The lowest BCUT2D eigenvalue weighted by Gasteiger charge is -2.40. The summed E-state index contributed by atoms with van der Waals surface area (Å²) in [5.41, 5.74) is 0.664. The summed E-state index contributed by atoms with van der Waals surface area (Å²) >= 11 is 0. The van der Waals surface area contributed by atoms with E-state index in [2.05, 4.69) is 0 Å². The zero-order chi connectivity index (χ0) is 29.1. The number of carbonyl (C=O) groups excluding carboxylic acids is 1. The second kappa shape index (κ2) is 9.60. The molecule has 10 heteroatoms. The van der Waals surface area contributed by atoms with Gasteiger partial charge in [-0.3, -0.25) is 4.79 Å². The van der Waals surface area contributed by atoms with Gasteiger partial charge in [0.05, 0.1) is 10.9 Å². The number of carboxylic acids is 1. The molecule has 0 radical (unpaired) electrons. The first-order chi connectivity index (χ1) is 18.7. The van der Waals surface area contributed by atoms with Crippen molar-refractivity contribution in [1.82, 2.24) is 9.47 Å². The minimum Gasteiger partial charge on any atom is -0.477 e. The number of hydrogen-bond acceptors (Lipinski definition) is 5. The molecule has 1 aromatic heterocycles. The Morgan fingerprint density at radius 1 is 1.12 bits per heavy atom. The lowest BCUT2D eigenvalue weighted by Crippen LogP contribution is -2.46. The fourth-order valence-electron chi connectivity index (χ4n) is 5.48. The van der Waals surface area contributed by atoms with Crippen LogP contribution in [0.1, 0.15) is 75.0 Å². The number of hydrogen-bond donors (Lipinski definition) is 1. The number of aromatic nitrogens is 1. The predicted octanol–water partition coefficient (Wildman–Crippen LogP) is 6.33. The van der Waals surface area contributed by atoms with Gasteiger partial charge >= 0.3 is 18.7 Å². The summed E-state index contributed by atoms with van der Waals surface area (Å²) in [5, 5.41) is 9.58. The van der Waals surface area contributed by atoms with Gasteiger partial charge in [0.15, 0.2) is 5.75 Å². The highest BCUT2D eigenvalue weighted by molar-refractivity contribution is 5.97. The molecule has 0 bridgehead atoms. The molecule has 0 unspecified atom stereocenters. The van der Waals surface area contributed by atoms with E-state index < -0.39 is 40.7 Å². The Hall–Kier alpha value is -3.95. The highest BCUT2D eigenvalue weighted by Crippen LogP contribution is 2.44. The van der Waals surface area contributed by atoms with Crippen LogP contribution in [0.25, 0.3) is 22.0 Å². The van der Waals surface area contributed by atoms with E-state index >= 15 is 0 Å². The summed E-state index contributed by atoms with van der Waals surface area (Å²) in [7, 11) is 0. The zero-order valence-electron chi connectivity index (χ0n) is 23.1. The third-order valence-corrected chi connectivity index (χ3v) is 7.27. The molecular weight excluding hydrogens is 522 g/mol. The number of fused-ring (bicyclic) bond motifs is 2. The average molecular weight is 555 g/mol. The molecule has 1 aliphatic carbocycles. The van der Waals surface area contributed by atoms with E-state index in [9.17, 15) is 28.3 Å². The molecule has 0 atom stereocenters. The monoisotopic (exact) mass is 554 g/mol. The lowest BCUT2D eigenvalue weighted by molar-refractivity contribution is -0.0486. The smallest absolute Gasteiger partial charge is 0.410 e. The number of nitrogens with zero attached hydrogens (tertiary/aromatic N) is 2. The topological polar surface area (TPSA) is 98.1 Å². The summed E-state index contributed by atoms with van der Waals surface area (Å²) in [4.78, 5) is 39.3. The van der Waals surface area contributed by atoms with Gasteiger partial charge in [0.1, 0.15) is 11.2 Å². The molecule has 1 fully saturated rings. The van der Waals surface area contributed by atoms with Gasteiger partial charge in [-0.25, -0.2) is 9.59 Å². The Balaban J connectivity index is 1.68. The number of halogens is 2. The third kappa shape index (κ3) is 5.14. The first kappa shape index (κ1) is 27.6. The summed E-state index contributed by atoms with van der Waals surface area (Å²) in [6.45, 7) is 7.00. The van der Waals surface area contributed by atoms with E-state index in [-0.39, 0.29) is 29.2 Å². The molecule has 1 saturated carbocycles. The van der Waals surface area contributed by atoms with Gasteiger partial charge in [-0.15, -0.1) is 0 Å². The normalized spacial score (nSPS) is 16.6. The number of ether oxygens (including phenoxy) is 2. The molecule has 2 aliphatic rings. The highest BCUT2D eigenvalue weighted by Gasteiger charge is 2.36. The maximum absolute atomic E-state index is 13.8. The number of amides is 1. The van der Waals surface area contributed by atoms with Crippen LogP contribution < -0.4 is 10.2 Å². The van der Waals surface area contributed by atoms with Crippen molar-refractivity contribution in [2.24, 2.45) is 0 Å². The van der Waals surface area contributed by atoms with Crippen LogP contribution >= 0.6 is 0 Å². The van der Waals surface area contributed by atoms with Crippen LogP contribution in [0.2, 0.25) is 0 Å². The van der Waals surface area contributed by atoms with Gasteiger partial charge < -0.3 is 24.0 Å². The largest absolute Gasteiger partial charge is 0.477 e. The van der Waals surface area contributed by atoms with Crippen molar-refractivity contribution in [3.05, 3.63) is 63.4 Å². The molecule has 212 valence electrons. The van der Waals surface area contributed by atoms with Crippen LogP contribution in [0.4, 0.5) is 13.6 Å². The molecule has 2 aromatic carbocycles. The number of benzene rings is 2. The quantitative estimate of drug-likeness (QED) is 0.396. The molecule has 2 heterocycles. The van der Waals surface area contributed by atoms with E-state index in [1.807, 2.05) is 32.0 Å². The highest BCUT2D eigenvalue weighted by atomic mass is 19.3. The predicted molar refractivity (Wildman–Crippen MR) is 145 cm³/mol. The maximum Gasteiger partial charge on any atom is 0.410 e. The van der Waals surface area contributed by atoms with Gasteiger partial charge in [-0.2, -0.15) is 8.78 Å². The number of aromatic carboxylic acids is 1. The Bertz CT molecular complexity index is 1580. The second-order valence-electron chi connectivity index (χ2n) is 12.1. The SMILES string of the molecule is CC(C)(C)OC(=O)N1Cc2cc(-c3ccc4c(=O)c(C(=O)O)cn(C5CC5)c4c3OC(F)F)ccc2C(C)(C)C1. The summed E-state index contributed by atoms with van der Waals surface area (Å²) in [5.74, 6) is -1.57. The van der Waals surface area contributed by atoms with Gasteiger partial charge in [-0.1, -0.05) is 26.0 Å². The van der Waals surface area contributed by atoms with Gasteiger partial charge in [0.25, 0.3) is 0 Å². The van der Waals surface area contributed by atoms with Gasteiger partial charge in [0, 0.05) is 36.3 Å². The fourth-order valence-corrected chi connectivity index (χ4v) is 5.48. The number of carboxylic acid groups (broad SMARTS) is 1. The number of alkyl halides is 2. The van der Waals surface area contributed by atoms with Crippen molar-refractivity contribution in [3.8, 4) is 16.9 Å². The van der Waals surface area contributed by atoms with E-state index in [1.165, 1.54) is 18.3 Å². The molecule has 1 aliphatic heterocycles. The summed E-state index contributed by atoms with van der Waals surface area (Å²) in [6.07, 6.45) is 2.24. The number of rotatable bonds is 5. The molecule has 3 aromatic rings. The van der Waals surface area contributed by atoms with Crippen LogP contribution in [-0.4, -0.2) is 45.4 Å². The minimum atomic E-state index is -3.18. The third-order valence-electron chi connectivity index (χ3n) is 7.27. The van der Waals surface area contributed by atoms with Crippen LogP contribution in [0, 0.1) is 0 Å². The first-order valence-corrected chi connectivity index (χ1v) is 13.2. The zero-order valence-corrected chi connectivity index (χ0v) is 23.1. The van der Waals surface area contributed by atoms with E-state index in [4.69, 9.17) is 9.47 Å². The minimum absolute atomic E-state index is 0.00129. The second-order valence-corrected chi connectivity index (χ2v) is 12.1. The Morgan fingerprint density at radius 2 is 1.82 bits per heavy atom. The van der Waals surface area contributed by atoms with Crippen LogP contribution in [0.15, 0.2) is 41.3 Å². The van der Waals surface area contributed by atoms with Crippen molar-refractivity contribution in [3.63, 3.8) is 0 Å². The molecule has 1 amide bonds. The molecule has 8 nitrogen and oxygen atoms in total. The van der Waals surface area contributed by atoms with Crippen LogP contribution in [0.3, 0.4) is 0 Å². The molecule has 0 spiro atoms. The summed E-state index contributed by atoms with van der Waals surface area (Å²) in [6, 6.07) is 8.43. The van der Waals surface area contributed by atoms with Crippen molar-refractivity contribution < 1.29 is 33.0 Å². The van der Waals surface area contributed by atoms with Gasteiger partial charge in [0.2, 0.25) is 5.43 Å². The standard InChI is InChI=1S/C30H32F2N2O6/c1-29(2,3)40-28(38)33-13-17-12-16(6-11-22(17)30(4,5)15-33)19-9-10-20-23(25(19)39-27(31)32)34(18-7-8-18)14-21(24(20)35)26(36)37/h6,9-12,14,18,27H,7-8,13,15H2,1-5H3,(H,36,37). The van der Waals surface area contributed by atoms with Crippen LogP contribution in [0.5, 0.6) is 5.75 Å². The van der Waals surface area contributed by atoms with Crippen molar-refractivity contribution in [1.29, 1.82) is 0 Å². The lowest BCUT2D eigenvalue weighted by atomic mass is 9.77. The maximum atomic E-state index is 13.8. The molecule has 0 saturated heterocycles. The first-order valence-electron chi connectivity index (χ1n) is 13.2. The average Bonchev–Trinajstić information content (AvgIpc) is 3.67.